The Hall–Kier alpha value is -1.67. The summed E-state index contributed by atoms with van der Waals surface area (Å²) in [7, 11) is -5.10. The van der Waals surface area contributed by atoms with Gasteiger partial charge in [0.15, 0.2) is 6.10 Å². The number of carbonyl (C=O) groups is 2. The summed E-state index contributed by atoms with van der Waals surface area (Å²) in [6.07, 6.45) is 14.5. The molecule has 6 atom stereocenters. The van der Waals surface area contributed by atoms with Gasteiger partial charge in [-0.3, -0.25) is 18.6 Å². The first-order valence-corrected chi connectivity index (χ1v) is 20.6. The third kappa shape index (κ3) is 22.2. The van der Waals surface area contributed by atoms with Crippen molar-refractivity contribution in [2.75, 3.05) is 13.2 Å². The first kappa shape index (κ1) is 47.4. The molecule has 0 heterocycles. The van der Waals surface area contributed by atoms with E-state index in [1.807, 2.05) is 0 Å². The van der Waals surface area contributed by atoms with Gasteiger partial charge in [-0.15, -0.1) is 0 Å². The summed E-state index contributed by atoms with van der Waals surface area (Å²) in [5.74, 6) is -1.12. The van der Waals surface area contributed by atoms with Crippen LogP contribution in [-0.2, 0) is 32.7 Å². The minimum absolute atomic E-state index is 0.0889. The van der Waals surface area contributed by atoms with E-state index in [2.05, 4.69) is 38.2 Å². The Kier molecular flexibility index (Phi) is 26.7. The molecular formula is C37H67O13P. The number of hydrogen-bond acceptors (Lipinski definition) is 12. The molecule has 1 fully saturated rings. The molecule has 13 nitrogen and oxygen atoms in total. The summed E-state index contributed by atoms with van der Waals surface area (Å²) < 4.78 is 33.1. The molecule has 51 heavy (non-hydrogen) atoms. The highest BCUT2D eigenvalue weighted by Gasteiger charge is 2.51. The summed E-state index contributed by atoms with van der Waals surface area (Å²) in [5.41, 5.74) is 0. The minimum Gasteiger partial charge on any atom is -0.462 e. The average Bonchev–Trinajstić information content (AvgIpc) is 3.10. The summed E-state index contributed by atoms with van der Waals surface area (Å²) >= 11 is 0. The van der Waals surface area contributed by atoms with Gasteiger partial charge in [0.1, 0.15) is 43.2 Å². The average molecular weight is 751 g/mol. The van der Waals surface area contributed by atoms with Gasteiger partial charge < -0.3 is 39.9 Å². The third-order valence-corrected chi connectivity index (χ3v) is 9.78. The third-order valence-electron chi connectivity index (χ3n) is 8.80. The standard InChI is InChI=1S/C37H67O13P/c1-3-5-7-9-10-11-12-13-14-15-16-17-18-19-20-22-24-26-31(39)49-29(27-47-30(38)25-23-21-8-6-4-2)28-48-51(45,46)50-37-35(43)33(41)32(40)34(42)36(37)44/h10-11,13-14,29,32-37,40-44H,3-9,12,15-28H2,1-2H3,(H,45,46)/b11-10-,14-13-. The molecule has 1 aliphatic carbocycles. The number of aliphatic hydroxyl groups is 5. The van der Waals surface area contributed by atoms with Crippen molar-refractivity contribution < 1.29 is 63.1 Å². The van der Waals surface area contributed by atoms with Crippen LogP contribution in [0.3, 0.4) is 0 Å². The van der Waals surface area contributed by atoms with Crippen LogP contribution in [0.25, 0.3) is 0 Å². The maximum atomic E-state index is 12.7. The quantitative estimate of drug-likeness (QED) is 0.0225. The number of ether oxygens (including phenoxy) is 2. The molecule has 0 aliphatic heterocycles. The Labute approximate surface area is 305 Å². The number of phosphoric ester groups is 1. The summed E-state index contributed by atoms with van der Waals surface area (Å²) in [6, 6.07) is 0. The number of hydrogen-bond donors (Lipinski definition) is 6. The van der Waals surface area contributed by atoms with Crippen molar-refractivity contribution in [3.05, 3.63) is 24.3 Å². The number of allylic oxidation sites excluding steroid dienone is 4. The van der Waals surface area contributed by atoms with E-state index in [1.54, 1.807) is 0 Å². The first-order valence-electron chi connectivity index (χ1n) is 19.1. The molecule has 0 aromatic heterocycles. The van der Waals surface area contributed by atoms with E-state index in [4.69, 9.17) is 18.5 Å². The lowest BCUT2D eigenvalue weighted by Gasteiger charge is -2.41. The molecule has 6 unspecified atom stereocenters. The van der Waals surface area contributed by atoms with Crippen molar-refractivity contribution >= 4 is 19.8 Å². The largest absolute Gasteiger partial charge is 0.472 e. The predicted octanol–water partition coefficient (Wildman–Crippen LogP) is 5.72. The van der Waals surface area contributed by atoms with Gasteiger partial charge in [-0.05, 0) is 44.9 Å². The Morgan fingerprint density at radius 1 is 0.608 bits per heavy atom. The SMILES string of the molecule is CCCCC/C=C\C/C=C\CCCCCCCCCC(=O)OC(COC(=O)CCCCCCC)COP(=O)(O)OC1C(O)C(O)C(O)C(O)C1O. The lowest BCUT2D eigenvalue weighted by Crippen LogP contribution is -2.64. The Morgan fingerprint density at radius 2 is 1.06 bits per heavy atom. The van der Waals surface area contributed by atoms with E-state index >= 15 is 0 Å². The smallest absolute Gasteiger partial charge is 0.462 e. The number of rotatable bonds is 30. The highest BCUT2D eigenvalue weighted by molar-refractivity contribution is 7.47. The van der Waals surface area contributed by atoms with Gasteiger partial charge in [0, 0.05) is 12.8 Å². The molecule has 0 aromatic carbocycles. The Balaban J connectivity index is 2.47. The monoisotopic (exact) mass is 750 g/mol. The van der Waals surface area contributed by atoms with Crippen molar-refractivity contribution in [1.29, 1.82) is 0 Å². The van der Waals surface area contributed by atoms with Gasteiger partial charge in [-0.1, -0.05) is 109 Å². The lowest BCUT2D eigenvalue weighted by atomic mass is 9.85. The highest BCUT2D eigenvalue weighted by Crippen LogP contribution is 2.47. The number of carbonyl (C=O) groups excluding carboxylic acids is 2. The van der Waals surface area contributed by atoms with E-state index in [1.165, 1.54) is 19.3 Å². The fourth-order valence-electron chi connectivity index (χ4n) is 5.61. The molecule has 1 rings (SSSR count). The molecule has 0 saturated heterocycles. The zero-order valence-electron chi connectivity index (χ0n) is 30.9. The molecule has 14 heteroatoms. The zero-order valence-corrected chi connectivity index (χ0v) is 31.8. The number of phosphoric acid groups is 1. The second-order valence-electron chi connectivity index (χ2n) is 13.4. The van der Waals surface area contributed by atoms with Crippen LogP contribution in [0.4, 0.5) is 0 Å². The lowest BCUT2D eigenvalue weighted by molar-refractivity contribution is -0.220. The normalized spacial score (nSPS) is 24.2. The van der Waals surface area contributed by atoms with Crippen LogP contribution < -0.4 is 0 Å². The molecule has 298 valence electrons. The van der Waals surface area contributed by atoms with E-state index < -0.39 is 75.7 Å². The fourth-order valence-corrected chi connectivity index (χ4v) is 6.58. The van der Waals surface area contributed by atoms with E-state index in [9.17, 15) is 44.6 Å². The molecule has 0 amide bonds. The van der Waals surface area contributed by atoms with Crippen molar-refractivity contribution in [2.24, 2.45) is 0 Å². The number of unbranched alkanes of at least 4 members (excludes halogenated alkanes) is 14. The molecule has 0 radical (unpaired) electrons. The van der Waals surface area contributed by atoms with Crippen LogP contribution >= 0.6 is 7.82 Å². The fraction of sp³-hybridized carbons (Fsp3) is 0.838. The van der Waals surface area contributed by atoms with Crippen molar-refractivity contribution in [2.45, 2.75) is 185 Å². The molecule has 1 aliphatic rings. The summed E-state index contributed by atoms with van der Waals surface area (Å²) in [4.78, 5) is 35.2. The summed E-state index contributed by atoms with van der Waals surface area (Å²) in [6.45, 7) is 3.12. The van der Waals surface area contributed by atoms with Crippen molar-refractivity contribution in [3.8, 4) is 0 Å². The van der Waals surface area contributed by atoms with Gasteiger partial charge in [-0.25, -0.2) is 4.57 Å². The second kappa shape index (κ2) is 28.8. The van der Waals surface area contributed by atoms with Gasteiger partial charge in [0.2, 0.25) is 0 Å². The maximum Gasteiger partial charge on any atom is 0.472 e. The van der Waals surface area contributed by atoms with Crippen molar-refractivity contribution in [3.63, 3.8) is 0 Å². The van der Waals surface area contributed by atoms with Crippen LogP contribution in [0.15, 0.2) is 24.3 Å². The van der Waals surface area contributed by atoms with Crippen LogP contribution in [-0.4, -0.2) is 98.3 Å². The van der Waals surface area contributed by atoms with Crippen LogP contribution in [0.2, 0.25) is 0 Å². The van der Waals surface area contributed by atoms with Gasteiger partial charge in [-0.2, -0.15) is 0 Å². The number of aliphatic hydroxyl groups excluding tert-OH is 5. The Bertz CT molecular complexity index is 1010. The van der Waals surface area contributed by atoms with E-state index in [0.29, 0.717) is 12.8 Å². The van der Waals surface area contributed by atoms with Crippen LogP contribution in [0.1, 0.15) is 142 Å². The van der Waals surface area contributed by atoms with Gasteiger partial charge in [0.25, 0.3) is 0 Å². The molecule has 0 bridgehead atoms. The zero-order chi connectivity index (χ0) is 37.9. The van der Waals surface area contributed by atoms with Crippen LogP contribution in [0, 0.1) is 0 Å². The van der Waals surface area contributed by atoms with Gasteiger partial charge in [0.05, 0.1) is 6.61 Å². The van der Waals surface area contributed by atoms with Crippen molar-refractivity contribution in [1.82, 2.24) is 0 Å². The van der Waals surface area contributed by atoms with Gasteiger partial charge >= 0.3 is 19.8 Å². The number of esters is 2. The minimum atomic E-state index is -5.10. The second-order valence-corrected chi connectivity index (χ2v) is 14.8. The van der Waals surface area contributed by atoms with E-state index in [0.717, 1.165) is 83.5 Å². The Morgan fingerprint density at radius 3 is 1.63 bits per heavy atom. The highest BCUT2D eigenvalue weighted by atomic mass is 31.2. The molecule has 1 saturated carbocycles. The molecule has 0 spiro atoms. The van der Waals surface area contributed by atoms with E-state index in [-0.39, 0.29) is 12.8 Å². The first-order chi connectivity index (χ1) is 24.4. The predicted molar refractivity (Wildman–Crippen MR) is 193 cm³/mol. The maximum absolute atomic E-state index is 12.7. The molecule has 0 aromatic rings. The molecular weight excluding hydrogens is 683 g/mol. The topological polar surface area (TPSA) is 210 Å². The molecule has 6 N–H and O–H groups in total. The van der Waals surface area contributed by atoms with Crippen LogP contribution in [0.5, 0.6) is 0 Å². The summed E-state index contributed by atoms with van der Waals surface area (Å²) in [5, 5.41) is 49.8.